The molecule has 1 aliphatic heterocycles. The van der Waals surface area contributed by atoms with Crippen molar-refractivity contribution in [3.8, 4) is 0 Å². The van der Waals surface area contributed by atoms with Crippen LogP contribution in [0.4, 0.5) is 0 Å². The van der Waals surface area contributed by atoms with Gasteiger partial charge in [0.15, 0.2) is 0 Å². The van der Waals surface area contributed by atoms with Crippen LogP contribution in [0.5, 0.6) is 0 Å². The summed E-state index contributed by atoms with van der Waals surface area (Å²) in [6.45, 7) is 1.00. The summed E-state index contributed by atoms with van der Waals surface area (Å²) in [5.41, 5.74) is 1.61. The molecule has 0 N–H and O–H groups in total. The van der Waals surface area contributed by atoms with Crippen molar-refractivity contribution in [2.24, 2.45) is 5.92 Å². The van der Waals surface area contributed by atoms with E-state index in [0.717, 1.165) is 11.1 Å². The van der Waals surface area contributed by atoms with Gasteiger partial charge in [0.05, 0.1) is 10.0 Å². The number of benzene rings is 2. The fraction of sp³-hybridized carbons (Fsp3) is 0.318. The second-order valence-corrected chi connectivity index (χ2v) is 9.94. The maximum absolute atomic E-state index is 12.8. The van der Waals surface area contributed by atoms with Gasteiger partial charge in [-0.05, 0) is 36.1 Å². The molecule has 2 aromatic rings. The molecular formula is C22H24Cl2N2O3S. The fourth-order valence-corrected chi connectivity index (χ4v) is 5.09. The number of nitrogens with zero attached hydrogens (tertiary/aromatic N) is 2. The monoisotopic (exact) mass is 466 g/mol. The smallest absolute Gasteiger partial charge is 0.236 e. The number of carbonyl (C=O) groups is 1. The molecule has 5 nitrogen and oxygen atoms in total. The number of rotatable bonds is 6. The maximum atomic E-state index is 12.8. The van der Waals surface area contributed by atoms with Crippen molar-refractivity contribution in [3.05, 3.63) is 75.1 Å². The predicted molar refractivity (Wildman–Crippen MR) is 122 cm³/mol. The molecule has 0 spiro atoms. The molecule has 0 bridgehead atoms. The standard InChI is InChI=1S/C22H24Cl2N2O3S/c1-25(16-19-8-5-9-20(23)21(19)24)22(27)18-10-13-26(14-11-18)30(28,29)15-12-17-6-3-2-4-7-17/h2-9,12,15,18H,10-11,13-14,16H2,1H3/b15-12+. The molecule has 1 aliphatic rings. The number of amides is 1. The minimum absolute atomic E-state index is 0.0112. The van der Waals surface area contributed by atoms with Crippen molar-refractivity contribution in [1.82, 2.24) is 9.21 Å². The van der Waals surface area contributed by atoms with Crippen LogP contribution in [0.15, 0.2) is 53.9 Å². The first-order valence-corrected chi connectivity index (χ1v) is 11.9. The third kappa shape index (κ3) is 5.64. The molecule has 160 valence electrons. The van der Waals surface area contributed by atoms with Crippen molar-refractivity contribution >= 4 is 45.2 Å². The van der Waals surface area contributed by atoms with Gasteiger partial charge in [-0.1, -0.05) is 65.7 Å². The minimum atomic E-state index is -3.51. The zero-order valence-corrected chi connectivity index (χ0v) is 19.0. The third-order valence-electron chi connectivity index (χ3n) is 5.21. The Morgan fingerprint density at radius 2 is 1.77 bits per heavy atom. The summed E-state index contributed by atoms with van der Waals surface area (Å²) in [5, 5.41) is 2.14. The zero-order chi connectivity index (χ0) is 21.7. The number of halogens is 2. The van der Waals surface area contributed by atoms with Crippen molar-refractivity contribution in [2.75, 3.05) is 20.1 Å². The highest BCUT2D eigenvalue weighted by molar-refractivity contribution is 7.92. The lowest BCUT2D eigenvalue weighted by Crippen LogP contribution is -2.42. The van der Waals surface area contributed by atoms with E-state index in [9.17, 15) is 13.2 Å². The predicted octanol–water partition coefficient (Wildman–Crippen LogP) is 4.66. The Balaban J connectivity index is 1.57. The van der Waals surface area contributed by atoms with Crippen molar-refractivity contribution < 1.29 is 13.2 Å². The number of piperidine rings is 1. The molecular weight excluding hydrogens is 443 g/mol. The molecule has 8 heteroatoms. The summed E-state index contributed by atoms with van der Waals surface area (Å²) >= 11 is 12.3. The van der Waals surface area contributed by atoms with Gasteiger partial charge in [-0.25, -0.2) is 8.42 Å². The van der Waals surface area contributed by atoms with Crippen LogP contribution in [0, 0.1) is 5.92 Å². The fourth-order valence-electron chi connectivity index (χ4n) is 3.49. The average molecular weight is 467 g/mol. The van der Waals surface area contributed by atoms with E-state index in [1.807, 2.05) is 36.4 Å². The van der Waals surface area contributed by atoms with Gasteiger partial charge in [-0.15, -0.1) is 0 Å². The Kier molecular flexibility index (Phi) is 7.58. The topological polar surface area (TPSA) is 57.7 Å². The maximum Gasteiger partial charge on any atom is 0.236 e. The van der Waals surface area contributed by atoms with E-state index in [1.165, 1.54) is 9.71 Å². The molecule has 0 unspecified atom stereocenters. The summed E-state index contributed by atoms with van der Waals surface area (Å²) in [7, 11) is -1.79. The molecule has 1 heterocycles. The van der Waals surface area contributed by atoms with Crippen LogP contribution in [-0.4, -0.2) is 43.7 Å². The lowest BCUT2D eigenvalue weighted by molar-refractivity contribution is -0.135. The van der Waals surface area contributed by atoms with Gasteiger partial charge in [0.1, 0.15) is 0 Å². The summed E-state index contributed by atoms with van der Waals surface area (Å²) in [6, 6.07) is 14.6. The molecule has 0 aromatic heterocycles. The van der Waals surface area contributed by atoms with Gasteiger partial charge in [0.25, 0.3) is 0 Å². The Morgan fingerprint density at radius 3 is 2.43 bits per heavy atom. The second-order valence-electron chi connectivity index (χ2n) is 7.34. The first kappa shape index (κ1) is 22.8. The van der Waals surface area contributed by atoms with Crippen LogP contribution in [0.3, 0.4) is 0 Å². The van der Waals surface area contributed by atoms with Gasteiger partial charge >= 0.3 is 0 Å². The first-order valence-electron chi connectivity index (χ1n) is 9.69. The minimum Gasteiger partial charge on any atom is -0.341 e. The largest absolute Gasteiger partial charge is 0.341 e. The van der Waals surface area contributed by atoms with Crippen LogP contribution in [0.2, 0.25) is 10.0 Å². The van der Waals surface area contributed by atoms with Crippen molar-refractivity contribution in [2.45, 2.75) is 19.4 Å². The molecule has 1 fully saturated rings. The number of hydrogen-bond acceptors (Lipinski definition) is 3. The van der Waals surface area contributed by atoms with Gasteiger partial charge < -0.3 is 4.90 Å². The average Bonchev–Trinajstić information content (AvgIpc) is 2.76. The molecule has 1 amide bonds. The van der Waals surface area contributed by atoms with E-state index < -0.39 is 10.0 Å². The molecule has 2 aromatic carbocycles. The molecule has 0 radical (unpaired) electrons. The third-order valence-corrected chi connectivity index (χ3v) is 7.63. The van der Waals surface area contributed by atoms with E-state index in [2.05, 4.69) is 0 Å². The first-order chi connectivity index (χ1) is 14.3. The normalized spacial score (nSPS) is 16.1. The van der Waals surface area contributed by atoms with E-state index >= 15 is 0 Å². The Morgan fingerprint density at radius 1 is 1.10 bits per heavy atom. The van der Waals surface area contributed by atoms with Crippen LogP contribution in [-0.2, 0) is 21.4 Å². The molecule has 0 aliphatic carbocycles. The Labute approximate surface area is 187 Å². The van der Waals surface area contributed by atoms with E-state index in [4.69, 9.17) is 23.2 Å². The SMILES string of the molecule is CN(Cc1cccc(Cl)c1Cl)C(=O)C1CCN(S(=O)(=O)/C=C/c2ccccc2)CC1. The van der Waals surface area contributed by atoms with Gasteiger partial charge in [-0.2, -0.15) is 4.31 Å². The highest BCUT2D eigenvalue weighted by Gasteiger charge is 2.31. The van der Waals surface area contributed by atoms with Crippen LogP contribution < -0.4 is 0 Å². The Bertz CT molecular complexity index is 1020. The van der Waals surface area contributed by atoms with Crippen molar-refractivity contribution in [1.29, 1.82) is 0 Å². The lowest BCUT2D eigenvalue weighted by Gasteiger charge is -2.32. The highest BCUT2D eigenvalue weighted by Crippen LogP contribution is 2.28. The van der Waals surface area contributed by atoms with E-state index in [1.54, 1.807) is 30.2 Å². The van der Waals surface area contributed by atoms with Crippen LogP contribution in [0.25, 0.3) is 6.08 Å². The highest BCUT2D eigenvalue weighted by atomic mass is 35.5. The summed E-state index contributed by atoms with van der Waals surface area (Å²) in [6.07, 6.45) is 2.57. The lowest BCUT2D eigenvalue weighted by atomic mass is 9.96. The molecule has 0 saturated carbocycles. The number of sulfonamides is 1. The molecule has 30 heavy (non-hydrogen) atoms. The van der Waals surface area contributed by atoms with Crippen molar-refractivity contribution in [3.63, 3.8) is 0 Å². The summed E-state index contributed by atoms with van der Waals surface area (Å²) < 4.78 is 26.6. The number of carbonyl (C=O) groups excluding carboxylic acids is 1. The molecule has 3 rings (SSSR count). The molecule has 0 atom stereocenters. The van der Waals surface area contributed by atoms with E-state index in [-0.39, 0.29) is 11.8 Å². The second kappa shape index (κ2) is 9.96. The summed E-state index contributed by atoms with van der Waals surface area (Å²) in [5.74, 6) is -0.222. The van der Waals surface area contributed by atoms with Gasteiger partial charge in [-0.3, -0.25) is 4.79 Å². The Hall–Kier alpha value is -1.86. The van der Waals surface area contributed by atoms with Crippen LogP contribution in [0.1, 0.15) is 24.0 Å². The summed E-state index contributed by atoms with van der Waals surface area (Å²) in [4.78, 5) is 14.5. The zero-order valence-electron chi connectivity index (χ0n) is 16.7. The van der Waals surface area contributed by atoms with E-state index in [0.29, 0.717) is 42.5 Å². The molecule has 1 saturated heterocycles. The quantitative estimate of drug-likeness (QED) is 0.621. The van der Waals surface area contributed by atoms with Crippen LogP contribution >= 0.6 is 23.2 Å². The van der Waals surface area contributed by atoms with Gasteiger partial charge in [0.2, 0.25) is 15.9 Å². The number of hydrogen-bond donors (Lipinski definition) is 0. The van der Waals surface area contributed by atoms with Gasteiger partial charge in [0, 0.05) is 38.0 Å².